The molecule has 1 amide bonds. The topological polar surface area (TPSA) is 80.5 Å². The maximum atomic E-state index is 12.2. The van der Waals surface area contributed by atoms with Crippen LogP contribution in [0.25, 0.3) is 0 Å². The van der Waals surface area contributed by atoms with Crippen LogP contribution in [0.2, 0.25) is 0 Å². The van der Waals surface area contributed by atoms with Crippen LogP contribution in [0.4, 0.5) is 0 Å². The van der Waals surface area contributed by atoms with Crippen LogP contribution in [0.5, 0.6) is 5.75 Å². The molecular weight excluding hydrogens is 332 g/mol. The Bertz CT molecular complexity index is 708. The predicted molar refractivity (Wildman–Crippen MR) is 96.9 cm³/mol. The molecule has 1 aliphatic heterocycles. The van der Waals surface area contributed by atoms with Gasteiger partial charge in [-0.15, -0.1) is 0 Å². The molecule has 1 aliphatic rings. The third-order valence-electron chi connectivity index (χ3n) is 4.54. The molecule has 1 saturated heterocycles. The predicted octanol–water partition coefficient (Wildman–Crippen LogP) is 2.27. The Morgan fingerprint density at radius 2 is 2.04 bits per heavy atom. The van der Waals surface area contributed by atoms with Crippen LogP contribution in [0.1, 0.15) is 43.1 Å². The minimum absolute atomic E-state index is 0.0964. The van der Waals surface area contributed by atoms with Gasteiger partial charge in [-0.05, 0) is 50.6 Å². The number of hydrogen-bond donors (Lipinski definition) is 1. The molecule has 1 atom stereocenters. The second-order valence-corrected chi connectivity index (χ2v) is 6.47. The molecule has 0 aliphatic carbocycles. The van der Waals surface area contributed by atoms with E-state index in [9.17, 15) is 4.79 Å². The van der Waals surface area contributed by atoms with E-state index in [1.807, 2.05) is 19.1 Å². The highest BCUT2D eigenvalue weighted by molar-refractivity contribution is 5.77. The number of carbonyl (C=O) groups is 1. The van der Waals surface area contributed by atoms with E-state index in [0.717, 1.165) is 18.8 Å². The number of benzene rings is 1. The Hall–Kier alpha value is -2.41. The highest BCUT2D eigenvalue weighted by Gasteiger charge is 2.24. The molecule has 140 valence electrons. The number of nitrogens with one attached hydrogen (secondary N) is 1. The number of hydrogen-bond acceptors (Lipinski definition) is 6. The number of rotatable bonds is 8. The number of carbonyl (C=O) groups excluding carboxylic acids is 1. The summed E-state index contributed by atoms with van der Waals surface area (Å²) >= 11 is 0. The van der Waals surface area contributed by atoms with Gasteiger partial charge in [-0.2, -0.15) is 4.98 Å². The molecule has 26 heavy (non-hydrogen) atoms. The molecule has 2 aromatic rings. The fourth-order valence-electron chi connectivity index (χ4n) is 3.29. The van der Waals surface area contributed by atoms with Gasteiger partial charge >= 0.3 is 0 Å². The molecular formula is C19H26N4O3. The summed E-state index contributed by atoms with van der Waals surface area (Å²) in [6.45, 7) is 7.01. The first-order valence-electron chi connectivity index (χ1n) is 9.18. The molecule has 1 aromatic heterocycles. The van der Waals surface area contributed by atoms with Crippen molar-refractivity contribution in [3.05, 3.63) is 41.5 Å². The van der Waals surface area contributed by atoms with Crippen LogP contribution in [-0.2, 0) is 11.2 Å². The molecule has 1 N–H and O–H groups in total. The molecule has 3 rings (SSSR count). The van der Waals surface area contributed by atoms with E-state index >= 15 is 0 Å². The lowest BCUT2D eigenvalue weighted by atomic mass is 10.1. The molecule has 1 aromatic carbocycles. The van der Waals surface area contributed by atoms with Crippen LogP contribution < -0.4 is 10.1 Å². The summed E-state index contributed by atoms with van der Waals surface area (Å²) in [5.41, 5.74) is 1.19. The van der Waals surface area contributed by atoms with E-state index in [2.05, 4.69) is 32.5 Å². The molecule has 7 heteroatoms. The first-order chi connectivity index (χ1) is 12.7. The van der Waals surface area contributed by atoms with Crippen molar-refractivity contribution in [1.82, 2.24) is 20.4 Å². The van der Waals surface area contributed by atoms with Crippen LogP contribution in [0, 0.1) is 6.92 Å². The molecule has 0 bridgehead atoms. The number of amides is 1. The second kappa shape index (κ2) is 8.80. The van der Waals surface area contributed by atoms with Crippen molar-refractivity contribution in [3.63, 3.8) is 0 Å². The van der Waals surface area contributed by atoms with Gasteiger partial charge in [-0.25, -0.2) is 0 Å². The van der Waals surface area contributed by atoms with Crippen LogP contribution in [0.15, 0.2) is 28.8 Å². The Kier molecular flexibility index (Phi) is 6.22. The van der Waals surface area contributed by atoms with Gasteiger partial charge in [0.2, 0.25) is 11.8 Å². The van der Waals surface area contributed by atoms with Crippen molar-refractivity contribution in [1.29, 1.82) is 0 Å². The SMILES string of the molecule is CCOc1ccc(C(CNC(=O)Cc2noc(C)n2)N2CCCC2)cc1. The zero-order chi connectivity index (χ0) is 18.4. The second-order valence-electron chi connectivity index (χ2n) is 6.47. The van der Waals surface area contributed by atoms with E-state index in [0.29, 0.717) is 24.9 Å². The van der Waals surface area contributed by atoms with Gasteiger partial charge in [0.15, 0.2) is 5.82 Å². The molecule has 0 spiro atoms. The Balaban J connectivity index is 1.63. The lowest BCUT2D eigenvalue weighted by Gasteiger charge is -2.28. The van der Waals surface area contributed by atoms with E-state index in [1.165, 1.54) is 18.4 Å². The van der Waals surface area contributed by atoms with Gasteiger partial charge in [0.1, 0.15) is 5.75 Å². The fraction of sp³-hybridized carbons (Fsp3) is 0.526. The highest BCUT2D eigenvalue weighted by Crippen LogP contribution is 2.26. The number of aryl methyl sites for hydroxylation is 1. The van der Waals surface area contributed by atoms with Gasteiger partial charge in [0.25, 0.3) is 0 Å². The minimum Gasteiger partial charge on any atom is -0.494 e. The largest absolute Gasteiger partial charge is 0.494 e. The molecule has 0 radical (unpaired) electrons. The summed E-state index contributed by atoms with van der Waals surface area (Å²) in [6.07, 6.45) is 2.53. The third kappa shape index (κ3) is 4.82. The van der Waals surface area contributed by atoms with E-state index in [4.69, 9.17) is 9.26 Å². The Labute approximate surface area is 153 Å². The van der Waals surface area contributed by atoms with Crippen LogP contribution in [-0.4, -0.2) is 47.2 Å². The molecule has 1 fully saturated rings. The number of likely N-dealkylation sites (tertiary alicyclic amines) is 1. The van der Waals surface area contributed by atoms with Crippen molar-refractivity contribution < 1.29 is 14.1 Å². The summed E-state index contributed by atoms with van der Waals surface area (Å²) in [7, 11) is 0. The third-order valence-corrected chi connectivity index (χ3v) is 4.54. The fourth-order valence-corrected chi connectivity index (χ4v) is 3.29. The molecule has 1 unspecified atom stereocenters. The highest BCUT2D eigenvalue weighted by atomic mass is 16.5. The van der Waals surface area contributed by atoms with E-state index in [1.54, 1.807) is 6.92 Å². The van der Waals surface area contributed by atoms with Crippen molar-refractivity contribution in [2.45, 2.75) is 39.2 Å². The number of aromatic nitrogens is 2. The maximum absolute atomic E-state index is 12.2. The number of nitrogens with zero attached hydrogens (tertiary/aromatic N) is 3. The van der Waals surface area contributed by atoms with Crippen LogP contribution >= 0.6 is 0 Å². The van der Waals surface area contributed by atoms with Crippen molar-refractivity contribution in [2.75, 3.05) is 26.2 Å². The average Bonchev–Trinajstić information content (AvgIpc) is 3.29. The standard InChI is InChI=1S/C19H26N4O3/c1-3-25-16-8-6-15(7-9-16)17(23-10-4-5-11-23)13-20-19(24)12-18-21-14(2)26-22-18/h6-9,17H,3-5,10-13H2,1-2H3,(H,20,24). The summed E-state index contributed by atoms with van der Waals surface area (Å²) in [5, 5.41) is 6.80. The Morgan fingerprint density at radius 1 is 1.31 bits per heavy atom. The molecule has 2 heterocycles. The van der Waals surface area contributed by atoms with Crippen molar-refractivity contribution >= 4 is 5.91 Å². The minimum atomic E-state index is -0.0964. The van der Waals surface area contributed by atoms with Crippen molar-refractivity contribution in [2.24, 2.45) is 0 Å². The summed E-state index contributed by atoms with van der Waals surface area (Å²) < 4.78 is 10.4. The first-order valence-corrected chi connectivity index (χ1v) is 9.18. The summed E-state index contributed by atoms with van der Waals surface area (Å²) in [6, 6.07) is 8.31. The van der Waals surface area contributed by atoms with Gasteiger partial charge in [0.05, 0.1) is 19.1 Å². The normalized spacial score (nSPS) is 15.8. The van der Waals surface area contributed by atoms with Crippen LogP contribution in [0.3, 0.4) is 0 Å². The summed E-state index contributed by atoms with van der Waals surface area (Å²) in [5.74, 6) is 1.66. The maximum Gasteiger partial charge on any atom is 0.227 e. The molecule has 0 saturated carbocycles. The first kappa shape index (κ1) is 18.4. The quantitative estimate of drug-likeness (QED) is 0.780. The zero-order valence-corrected chi connectivity index (χ0v) is 15.4. The zero-order valence-electron chi connectivity index (χ0n) is 15.4. The molecule has 7 nitrogen and oxygen atoms in total. The van der Waals surface area contributed by atoms with Gasteiger partial charge in [0, 0.05) is 13.5 Å². The lowest BCUT2D eigenvalue weighted by Crippen LogP contribution is -2.37. The summed E-state index contributed by atoms with van der Waals surface area (Å²) in [4.78, 5) is 18.7. The van der Waals surface area contributed by atoms with E-state index < -0.39 is 0 Å². The van der Waals surface area contributed by atoms with Gasteiger partial charge in [-0.1, -0.05) is 17.3 Å². The van der Waals surface area contributed by atoms with Gasteiger partial charge in [-0.3, -0.25) is 9.69 Å². The smallest absolute Gasteiger partial charge is 0.227 e. The average molecular weight is 358 g/mol. The Morgan fingerprint density at radius 3 is 2.65 bits per heavy atom. The van der Waals surface area contributed by atoms with E-state index in [-0.39, 0.29) is 18.4 Å². The monoisotopic (exact) mass is 358 g/mol. The lowest BCUT2D eigenvalue weighted by molar-refractivity contribution is -0.120. The van der Waals surface area contributed by atoms with Gasteiger partial charge < -0.3 is 14.6 Å². The number of ether oxygens (including phenoxy) is 1. The van der Waals surface area contributed by atoms with Crippen molar-refractivity contribution in [3.8, 4) is 5.75 Å².